The number of pyridine rings is 1. The van der Waals surface area contributed by atoms with Gasteiger partial charge in [-0.1, -0.05) is 31.2 Å². The smallest absolute Gasteiger partial charge is 0.319 e. The number of aromatic nitrogens is 3. The highest BCUT2D eigenvalue weighted by molar-refractivity contribution is 6.25. The van der Waals surface area contributed by atoms with Crippen LogP contribution in [0.5, 0.6) is 11.8 Å². The Kier molecular flexibility index (Phi) is 10.2. The molecule has 2 aromatic heterocycles. The van der Waals surface area contributed by atoms with Crippen LogP contribution >= 0.6 is 0 Å². The Morgan fingerprint density at radius 1 is 0.818 bits per heavy atom. The molecule has 12 rings (SSSR count). The number of piperazine rings is 1. The first-order valence-corrected chi connectivity index (χ1v) is 24.1. The number of ether oxygens (including phenoxy) is 1. The zero-order chi connectivity index (χ0) is 44.8. The van der Waals surface area contributed by atoms with E-state index in [2.05, 4.69) is 50.5 Å². The van der Waals surface area contributed by atoms with Gasteiger partial charge >= 0.3 is 6.01 Å². The highest BCUT2D eigenvalue weighted by Crippen LogP contribution is 2.49. The third-order valence-corrected chi connectivity index (χ3v) is 15.8. The van der Waals surface area contributed by atoms with Crippen LogP contribution in [0.3, 0.4) is 0 Å². The number of benzene rings is 3. The van der Waals surface area contributed by atoms with Crippen molar-refractivity contribution in [1.82, 2.24) is 35.4 Å². The molecule has 15 nitrogen and oxygen atoms in total. The number of aromatic hydroxyl groups is 1. The summed E-state index contributed by atoms with van der Waals surface area (Å²) in [5.41, 5.74) is 6.36. The summed E-state index contributed by atoms with van der Waals surface area (Å²) in [6.45, 7) is 8.91. The Morgan fingerprint density at radius 2 is 1.58 bits per heavy atom. The number of anilines is 2. The minimum Gasteiger partial charge on any atom is -0.508 e. The number of rotatable bonds is 9. The minimum absolute atomic E-state index is 0.0303. The van der Waals surface area contributed by atoms with Gasteiger partial charge in [0, 0.05) is 74.5 Å². The second kappa shape index (κ2) is 16.3. The molecule has 5 aromatic rings. The van der Waals surface area contributed by atoms with Crippen molar-refractivity contribution in [3.8, 4) is 23.0 Å². The van der Waals surface area contributed by atoms with Crippen molar-refractivity contribution in [1.29, 1.82) is 0 Å². The molecule has 1 aliphatic carbocycles. The molecular formula is C51H55N9O6. The fourth-order valence-corrected chi connectivity index (χ4v) is 12.5. The zero-order valence-electron chi connectivity index (χ0n) is 37.3. The highest BCUT2D eigenvalue weighted by Gasteiger charge is 2.46. The van der Waals surface area contributed by atoms with Gasteiger partial charge in [-0.05, 0) is 117 Å². The summed E-state index contributed by atoms with van der Waals surface area (Å²) in [4.78, 5) is 75.2. The second-order valence-electron chi connectivity index (χ2n) is 19.8. The van der Waals surface area contributed by atoms with Crippen molar-refractivity contribution < 1.29 is 29.0 Å². The molecule has 0 saturated carbocycles. The molecule has 0 radical (unpaired) electrons. The van der Waals surface area contributed by atoms with Crippen LogP contribution in [0.4, 0.5) is 11.5 Å². The van der Waals surface area contributed by atoms with Crippen molar-refractivity contribution in [2.45, 2.75) is 88.8 Å². The van der Waals surface area contributed by atoms with E-state index >= 15 is 0 Å². The van der Waals surface area contributed by atoms with Gasteiger partial charge in [-0.2, -0.15) is 9.97 Å². The van der Waals surface area contributed by atoms with Crippen molar-refractivity contribution in [3.63, 3.8) is 0 Å². The molecule has 3 aromatic carbocycles. The molecular weight excluding hydrogens is 835 g/mol. The molecule has 340 valence electrons. The fourth-order valence-electron chi connectivity index (χ4n) is 12.5. The lowest BCUT2D eigenvalue weighted by Crippen LogP contribution is -2.54. The Labute approximate surface area is 382 Å². The molecule has 4 unspecified atom stereocenters. The third-order valence-electron chi connectivity index (χ3n) is 15.8. The second-order valence-corrected chi connectivity index (χ2v) is 19.8. The average Bonchev–Trinajstić information content (AvgIpc) is 3.80. The van der Waals surface area contributed by atoms with Crippen LogP contribution in [0.25, 0.3) is 32.9 Å². The normalized spacial score (nSPS) is 24.7. The standard InChI is InChI=1S/C51H55N9O6/c1-28-35-5-2-4-31-23-34(61)24-37(43(31)35)45-42(28)46-38(25-52-45)47(59-26-32-8-9-33(27-59)53-32)56-51(55-46)66-21-20-57-16-12-29(13-17-57)22-30-14-18-58(19-15-30)39-7-3-6-36-44(39)50(65)60(49(36)64)40-10-11-41(62)54-48(40)63/h2-7,23-25,28-30,32-33,40,53,61H,8-22,26-27H2,1H3,(H,54,62,63). The van der Waals surface area contributed by atoms with E-state index in [0.717, 1.165) is 139 Å². The first-order valence-electron chi connectivity index (χ1n) is 24.1. The lowest BCUT2D eigenvalue weighted by Gasteiger charge is -2.38. The molecule has 15 heteroatoms. The summed E-state index contributed by atoms with van der Waals surface area (Å²) < 4.78 is 6.53. The largest absolute Gasteiger partial charge is 0.508 e. The molecule has 4 amide bonds. The number of imide groups is 2. The van der Waals surface area contributed by atoms with Crippen LogP contribution in [-0.4, -0.2) is 124 Å². The Balaban J connectivity index is 0.691. The van der Waals surface area contributed by atoms with Gasteiger partial charge in [0.15, 0.2) is 0 Å². The van der Waals surface area contributed by atoms with E-state index in [0.29, 0.717) is 47.7 Å². The number of phenols is 1. The molecule has 6 aliphatic heterocycles. The van der Waals surface area contributed by atoms with E-state index in [1.807, 2.05) is 30.5 Å². The Morgan fingerprint density at radius 3 is 2.35 bits per heavy atom. The average molecular weight is 890 g/mol. The van der Waals surface area contributed by atoms with Crippen LogP contribution in [0.2, 0.25) is 0 Å². The maximum Gasteiger partial charge on any atom is 0.319 e. The Hall–Kier alpha value is -6.19. The third kappa shape index (κ3) is 7.04. The molecule has 5 fully saturated rings. The summed E-state index contributed by atoms with van der Waals surface area (Å²) >= 11 is 0. The van der Waals surface area contributed by atoms with Gasteiger partial charge < -0.3 is 25.0 Å². The summed E-state index contributed by atoms with van der Waals surface area (Å²) in [6.07, 6.45) is 10.00. The monoisotopic (exact) mass is 889 g/mol. The number of nitrogens with zero attached hydrogens (tertiary/aromatic N) is 7. The first kappa shape index (κ1) is 41.3. The van der Waals surface area contributed by atoms with E-state index in [-0.39, 0.29) is 30.4 Å². The van der Waals surface area contributed by atoms with Gasteiger partial charge in [0.25, 0.3) is 11.8 Å². The van der Waals surface area contributed by atoms with Crippen molar-refractivity contribution >= 4 is 56.8 Å². The van der Waals surface area contributed by atoms with Crippen LogP contribution in [0, 0.1) is 11.8 Å². The van der Waals surface area contributed by atoms with Crippen LogP contribution in [0.15, 0.2) is 54.7 Å². The van der Waals surface area contributed by atoms with Crippen molar-refractivity contribution in [2.24, 2.45) is 11.8 Å². The maximum absolute atomic E-state index is 13.7. The van der Waals surface area contributed by atoms with Crippen molar-refractivity contribution in [3.05, 3.63) is 77.0 Å². The highest BCUT2D eigenvalue weighted by atomic mass is 16.5. The summed E-state index contributed by atoms with van der Waals surface area (Å²) in [6, 6.07) is 15.6. The molecule has 7 aliphatic rings. The quantitative estimate of drug-likeness (QED) is 0.153. The van der Waals surface area contributed by atoms with E-state index in [1.54, 1.807) is 6.07 Å². The lowest BCUT2D eigenvalue weighted by atomic mass is 9.79. The van der Waals surface area contributed by atoms with E-state index in [1.165, 1.54) is 12.0 Å². The number of piperidine rings is 3. The number of likely N-dealkylation sites (tertiary alicyclic amines) is 1. The number of phenolic OH excluding ortho intramolecular Hbond substituents is 1. The van der Waals surface area contributed by atoms with Gasteiger partial charge in [-0.15, -0.1) is 0 Å². The van der Waals surface area contributed by atoms with Gasteiger partial charge in [-0.3, -0.25) is 39.3 Å². The number of nitrogens with one attached hydrogen (secondary N) is 2. The number of amides is 4. The fraction of sp³-hybridized carbons (Fsp3) is 0.471. The number of carbonyl (C=O) groups excluding carboxylic acids is 4. The summed E-state index contributed by atoms with van der Waals surface area (Å²) in [5, 5.41) is 19.9. The van der Waals surface area contributed by atoms with Gasteiger partial charge in [0.1, 0.15) is 24.2 Å². The first-order chi connectivity index (χ1) is 32.1. The van der Waals surface area contributed by atoms with E-state index < -0.39 is 23.8 Å². The predicted molar refractivity (Wildman–Crippen MR) is 249 cm³/mol. The maximum atomic E-state index is 13.7. The molecule has 4 atom stereocenters. The van der Waals surface area contributed by atoms with Crippen molar-refractivity contribution in [2.75, 3.05) is 62.2 Å². The SMILES string of the molecule is CC1c2c(ncc3c(N4CC5CCC(C4)N5)nc(OCCN4CCC(CC5CCN(c6cccc7c6C(=O)N(C6CCC(=O)NC6=O)C7=O)CC5)CC4)nc23)-c2cc(O)cc3cccc1c23. The summed E-state index contributed by atoms with van der Waals surface area (Å²) in [5.74, 6) is 0.494. The topological polar surface area (TPSA) is 173 Å². The van der Waals surface area contributed by atoms with E-state index in [4.69, 9.17) is 19.7 Å². The number of hydrogen-bond acceptors (Lipinski definition) is 13. The van der Waals surface area contributed by atoms with Crippen LogP contribution < -0.4 is 25.2 Å². The molecule has 2 bridgehead atoms. The summed E-state index contributed by atoms with van der Waals surface area (Å²) in [7, 11) is 0. The number of hydrogen-bond donors (Lipinski definition) is 3. The van der Waals surface area contributed by atoms with E-state index in [9.17, 15) is 24.3 Å². The lowest BCUT2D eigenvalue weighted by molar-refractivity contribution is -0.136. The zero-order valence-corrected chi connectivity index (χ0v) is 37.3. The van der Waals surface area contributed by atoms with Crippen LogP contribution in [0.1, 0.15) is 102 Å². The number of carbonyl (C=O) groups is 4. The molecule has 0 spiro atoms. The minimum atomic E-state index is -0.973. The molecule has 3 N–H and O–H groups in total. The van der Waals surface area contributed by atoms with Gasteiger partial charge in [0.05, 0.1) is 33.4 Å². The van der Waals surface area contributed by atoms with Gasteiger partial charge in [0.2, 0.25) is 11.8 Å². The molecule has 8 heterocycles. The van der Waals surface area contributed by atoms with Gasteiger partial charge in [-0.25, -0.2) is 0 Å². The number of fused-ring (bicyclic) bond motifs is 7. The Bertz CT molecular complexity index is 2820. The molecule has 66 heavy (non-hydrogen) atoms. The molecule has 5 saturated heterocycles. The van der Waals surface area contributed by atoms with Crippen LogP contribution in [-0.2, 0) is 9.59 Å². The predicted octanol–water partition coefficient (Wildman–Crippen LogP) is 5.76.